The van der Waals surface area contributed by atoms with Crippen molar-refractivity contribution < 1.29 is 13.9 Å². The molecule has 0 aliphatic carbocycles. The quantitative estimate of drug-likeness (QED) is 0.219. The van der Waals surface area contributed by atoms with Gasteiger partial charge in [0.2, 0.25) is 0 Å². The largest absolute Gasteiger partial charge is 0.463 e. The van der Waals surface area contributed by atoms with Crippen molar-refractivity contribution in [1.82, 2.24) is 4.57 Å². The van der Waals surface area contributed by atoms with Crippen LogP contribution in [0.2, 0.25) is 0 Å². The summed E-state index contributed by atoms with van der Waals surface area (Å²) in [6.07, 6.45) is 1.74. The van der Waals surface area contributed by atoms with Crippen LogP contribution >= 0.6 is 27.3 Å². The molecule has 1 aliphatic heterocycles. The van der Waals surface area contributed by atoms with Gasteiger partial charge in [-0.15, -0.1) is 0 Å². The van der Waals surface area contributed by atoms with Crippen molar-refractivity contribution >= 4 is 50.1 Å². The number of carbonyl (C=O) groups excluding carboxylic acids is 1. The Hall–Kier alpha value is -4.01. The third-order valence-corrected chi connectivity index (χ3v) is 8.83. The third-order valence-electron chi connectivity index (χ3n) is 6.99. The first-order chi connectivity index (χ1) is 19.4. The van der Waals surface area contributed by atoms with E-state index in [1.165, 1.54) is 11.3 Å². The van der Waals surface area contributed by atoms with Crippen LogP contribution in [-0.2, 0) is 9.53 Å². The van der Waals surface area contributed by atoms with Gasteiger partial charge in [-0.2, -0.15) is 0 Å². The van der Waals surface area contributed by atoms with Gasteiger partial charge in [-0.3, -0.25) is 9.36 Å². The minimum atomic E-state index is -0.680. The molecule has 8 heteroatoms. The van der Waals surface area contributed by atoms with Gasteiger partial charge in [-0.05, 0) is 60.9 Å². The van der Waals surface area contributed by atoms with Gasteiger partial charge in [0.15, 0.2) is 4.80 Å². The molecule has 200 valence electrons. The Bertz CT molecular complexity index is 2010. The van der Waals surface area contributed by atoms with Crippen LogP contribution in [0.25, 0.3) is 28.2 Å². The summed E-state index contributed by atoms with van der Waals surface area (Å²) < 4.78 is 14.6. The molecular weight excluding hydrogens is 588 g/mol. The summed E-state index contributed by atoms with van der Waals surface area (Å²) in [5, 5.41) is 1.98. The predicted molar refractivity (Wildman–Crippen MR) is 161 cm³/mol. The van der Waals surface area contributed by atoms with Gasteiger partial charge in [-0.1, -0.05) is 81.9 Å². The summed E-state index contributed by atoms with van der Waals surface area (Å²) in [6, 6.07) is 23.0. The number of ether oxygens (including phenoxy) is 1. The number of aryl methyl sites for hydroxylation is 1. The molecule has 3 heterocycles. The maximum Gasteiger partial charge on any atom is 0.338 e. The van der Waals surface area contributed by atoms with Gasteiger partial charge >= 0.3 is 5.97 Å². The number of benzene rings is 3. The van der Waals surface area contributed by atoms with Crippen LogP contribution < -0.4 is 14.9 Å². The van der Waals surface area contributed by atoms with Crippen LogP contribution in [0.1, 0.15) is 36.8 Å². The maximum absolute atomic E-state index is 14.0. The van der Waals surface area contributed by atoms with E-state index in [1.54, 1.807) is 24.5 Å². The van der Waals surface area contributed by atoms with Gasteiger partial charge in [0.25, 0.3) is 5.56 Å². The summed E-state index contributed by atoms with van der Waals surface area (Å²) in [5.41, 5.74) is 3.57. The molecule has 5 aromatic rings. The molecule has 0 fully saturated rings. The number of furan rings is 1. The summed E-state index contributed by atoms with van der Waals surface area (Å²) in [5.74, 6) is 0.782. The van der Waals surface area contributed by atoms with Crippen LogP contribution in [-0.4, -0.2) is 17.1 Å². The zero-order chi connectivity index (χ0) is 28.0. The number of carbonyl (C=O) groups is 1. The highest BCUT2D eigenvalue weighted by atomic mass is 79.9. The summed E-state index contributed by atoms with van der Waals surface area (Å²) in [6.45, 7) is 5.81. The smallest absolute Gasteiger partial charge is 0.338 e. The van der Waals surface area contributed by atoms with Crippen LogP contribution in [0.5, 0.6) is 0 Å². The number of fused-ring (bicyclic) bond motifs is 2. The normalized spacial score (nSPS) is 15.3. The summed E-state index contributed by atoms with van der Waals surface area (Å²) in [7, 11) is 0. The van der Waals surface area contributed by atoms with Crippen LogP contribution in [0.4, 0.5) is 0 Å². The monoisotopic (exact) mass is 612 g/mol. The molecule has 0 amide bonds. The van der Waals surface area contributed by atoms with E-state index in [0.717, 1.165) is 31.9 Å². The Morgan fingerprint density at radius 2 is 1.90 bits per heavy atom. The van der Waals surface area contributed by atoms with Crippen molar-refractivity contribution in [1.29, 1.82) is 0 Å². The fraction of sp³-hybridized carbons (Fsp3) is 0.156. The first-order valence-electron chi connectivity index (χ1n) is 12.9. The highest BCUT2D eigenvalue weighted by Crippen LogP contribution is 2.35. The van der Waals surface area contributed by atoms with E-state index in [-0.39, 0.29) is 12.2 Å². The zero-order valence-corrected chi connectivity index (χ0v) is 24.5. The Morgan fingerprint density at radius 1 is 1.10 bits per heavy atom. The number of hydrogen-bond acceptors (Lipinski definition) is 6. The maximum atomic E-state index is 14.0. The van der Waals surface area contributed by atoms with Crippen molar-refractivity contribution in [2.75, 3.05) is 6.61 Å². The topological polar surface area (TPSA) is 73.8 Å². The fourth-order valence-electron chi connectivity index (χ4n) is 5.04. The minimum absolute atomic E-state index is 0.223. The highest BCUT2D eigenvalue weighted by molar-refractivity contribution is 9.10. The number of nitrogens with zero attached hydrogens (tertiary/aromatic N) is 2. The molecule has 0 unspecified atom stereocenters. The van der Waals surface area contributed by atoms with Gasteiger partial charge in [0.1, 0.15) is 11.5 Å². The van der Waals surface area contributed by atoms with Crippen molar-refractivity contribution in [2.24, 2.45) is 4.99 Å². The van der Waals surface area contributed by atoms with E-state index in [9.17, 15) is 9.59 Å². The molecule has 6 nitrogen and oxygen atoms in total. The Balaban J connectivity index is 1.52. The minimum Gasteiger partial charge on any atom is -0.463 e. The number of thiazole rings is 1. The molecule has 0 saturated heterocycles. The second kappa shape index (κ2) is 10.5. The molecule has 0 saturated carbocycles. The molecule has 1 aliphatic rings. The van der Waals surface area contributed by atoms with E-state index in [2.05, 4.69) is 20.9 Å². The average molecular weight is 614 g/mol. The Morgan fingerprint density at radius 3 is 2.70 bits per heavy atom. The van der Waals surface area contributed by atoms with Gasteiger partial charge in [0.05, 0.1) is 28.5 Å². The Labute approximate surface area is 242 Å². The van der Waals surface area contributed by atoms with Gasteiger partial charge in [0, 0.05) is 16.1 Å². The van der Waals surface area contributed by atoms with E-state index >= 15 is 0 Å². The molecule has 3 aromatic carbocycles. The second-order valence-corrected chi connectivity index (χ2v) is 11.4. The van der Waals surface area contributed by atoms with Crippen LogP contribution in [0, 0.1) is 6.92 Å². The average Bonchev–Trinajstić information content (AvgIpc) is 3.53. The number of halogens is 1. The molecule has 0 bridgehead atoms. The lowest BCUT2D eigenvalue weighted by molar-refractivity contribution is -0.139. The lowest BCUT2D eigenvalue weighted by Crippen LogP contribution is -2.40. The standard InChI is InChI=1S/C32H25BrN2O4S/c1-4-38-31(37)28-19(3)34-32-35(29(28)24-11-7-9-20-8-5-6-10-23(20)24)30(36)27(40-32)17-22-14-15-26(39-22)21-13-12-18(2)25(33)16-21/h5-17,29H,4H2,1-3H3/b27-17+/t29-/m0/s1. The first-order valence-corrected chi connectivity index (χ1v) is 14.5. The van der Waals surface area contributed by atoms with E-state index in [1.807, 2.05) is 79.7 Å². The van der Waals surface area contributed by atoms with Crippen LogP contribution in [0.15, 0.2) is 103 Å². The molecule has 0 N–H and O–H groups in total. The van der Waals surface area contributed by atoms with Crippen molar-refractivity contribution in [3.63, 3.8) is 0 Å². The lowest BCUT2D eigenvalue weighted by atomic mass is 9.91. The highest BCUT2D eigenvalue weighted by Gasteiger charge is 2.34. The predicted octanol–water partition coefficient (Wildman–Crippen LogP) is 6.28. The molecular formula is C32H25BrN2O4S. The van der Waals surface area contributed by atoms with Crippen LogP contribution in [0.3, 0.4) is 0 Å². The molecule has 40 heavy (non-hydrogen) atoms. The van der Waals surface area contributed by atoms with E-state index < -0.39 is 12.0 Å². The van der Waals surface area contributed by atoms with Crippen molar-refractivity contribution in [2.45, 2.75) is 26.8 Å². The zero-order valence-electron chi connectivity index (χ0n) is 22.1. The number of hydrogen-bond donors (Lipinski definition) is 0. The molecule has 1 atom stereocenters. The lowest BCUT2D eigenvalue weighted by Gasteiger charge is -2.25. The number of rotatable bonds is 5. The van der Waals surface area contributed by atoms with E-state index in [4.69, 9.17) is 9.15 Å². The van der Waals surface area contributed by atoms with E-state index in [0.29, 0.717) is 32.1 Å². The third kappa shape index (κ3) is 4.57. The molecule has 6 rings (SSSR count). The number of aromatic nitrogens is 1. The number of allylic oxidation sites excluding steroid dienone is 1. The van der Waals surface area contributed by atoms with Gasteiger partial charge in [-0.25, -0.2) is 9.79 Å². The number of esters is 1. The van der Waals surface area contributed by atoms with Crippen molar-refractivity contribution in [3.8, 4) is 11.3 Å². The fourth-order valence-corrected chi connectivity index (χ4v) is 6.44. The SMILES string of the molecule is CCOC(=O)C1=C(C)N=c2s/c(=C/c3ccc(-c4ccc(C)c(Br)c4)o3)c(=O)n2[C@H]1c1cccc2ccccc12. The second-order valence-electron chi connectivity index (χ2n) is 9.54. The van der Waals surface area contributed by atoms with Gasteiger partial charge < -0.3 is 9.15 Å². The van der Waals surface area contributed by atoms with Crippen molar-refractivity contribution in [3.05, 3.63) is 125 Å². The molecule has 0 radical (unpaired) electrons. The molecule has 2 aromatic heterocycles. The molecule has 0 spiro atoms. The summed E-state index contributed by atoms with van der Waals surface area (Å²) >= 11 is 4.85. The summed E-state index contributed by atoms with van der Waals surface area (Å²) in [4.78, 5) is 32.4. The Kier molecular flexibility index (Phi) is 6.90. The first kappa shape index (κ1) is 26.2.